The Morgan fingerprint density at radius 1 is 0.216 bits per heavy atom. The van der Waals surface area contributed by atoms with Gasteiger partial charge < -0.3 is 9.80 Å². The Kier molecular flexibility index (Phi) is 12.2. The molecule has 0 aliphatic rings. The van der Waals surface area contributed by atoms with E-state index in [4.69, 9.17) is 0 Å². The molecule has 0 spiro atoms. The highest BCUT2D eigenvalue weighted by molar-refractivity contribution is 6.14. The highest BCUT2D eigenvalue weighted by Gasteiger charge is 2.21. The van der Waals surface area contributed by atoms with Gasteiger partial charge in [-0.1, -0.05) is 205 Å². The lowest BCUT2D eigenvalue weighted by atomic mass is 9.82. The summed E-state index contributed by atoms with van der Waals surface area (Å²) < 4.78 is 0. The molecule has 2 heteroatoms. The van der Waals surface area contributed by atoms with Crippen LogP contribution < -0.4 is 9.80 Å². The summed E-state index contributed by atoms with van der Waals surface area (Å²) in [5.41, 5.74) is 23.9. The SMILES string of the molecule is Cc1ccc2c(-c3c(C)cc(-c4ccc(N(c5ccccc5)c5ccc(-c6ccccc6)cc5)cc4)c4cc(C)ccc34)c(C)cc(-c3ccc(N(c4ccccc4)c4ccc(-c5ccccc5)cc4)cc3)c2c1. The van der Waals surface area contributed by atoms with E-state index in [1.165, 1.54) is 99.4 Å². The molecule has 0 saturated heterocycles. The lowest BCUT2D eigenvalue weighted by Gasteiger charge is -2.26. The van der Waals surface area contributed by atoms with Crippen molar-refractivity contribution in [2.45, 2.75) is 27.7 Å². The van der Waals surface area contributed by atoms with Crippen molar-refractivity contribution in [2.24, 2.45) is 0 Å². The molecular formula is C72H56N2. The van der Waals surface area contributed by atoms with Crippen molar-refractivity contribution in [3.05, 3.63) is 289 Å². The number of hydrogen-bond donors (Lipinski definition) is 0. The van der Waals surface area contributed by atoms with Gasteiger partial charge in [-0.15, -0.1) is 0 Å². The molecule has 74 heavy (non-hydrogen) atoms. The predicted octanol–water partition coefficient (Wildman–Crippen LogP) is 20.5. The molecule has 0 N–H and O–H groups in total. The molecule has 0 fully saturated rings. The summed E-state index contributed by atoms with van der Waals surface area (Å²) in [6.07, 6.45) is 0. The van der Waals surface area contributed by atoms with Crippen molar-refractivity contribution in [1.82, 2.24) is 0 Å². The van der Waals surface area contributed by atoms with Gasteiger partial charge in [0, 0.05) is 34.1 Å². The first kappa shape index (κ1) is 45.9. The molecular weight excluding hydrogens is 893 g/mol. The Bertz CT molecular complexity index is 3660. The van der Waals surface area contributed by atoms with Gasteiger partial charge in [0.2, 0.25) is 0 Å². The lowest BCUT2D eigenvalue weighted by Crippen LogP contribution is -2.09. The van der Waals surface area contributed by atoms with Crippen LogP contribution in [-0.4, -0.2) is 0 Å². The second-order valence-corrected chi connectivity index (χ2v) is 19.6. The molecule has 0 amide bonds. The fraction of sp³-hybridized carbons (Fsp3) is 0.0556. The third kappa shape index (κ3) is 8.82. The number of hydrogen-bond acceptors (Lipinski definition) is 2. The third-order valence-corrected chi connectivity index (χ3v) is 14.6. The third-order valence-electron chi connectivity index (χ3n) is 14.6. The Labute approximate surface area is 435 Å². The molecule has 0 aliphatic carbocycles. The Hall–Kier alpha value is -9.24. The van der Waals surface area contributed by atoms with E-state index >= 15 is 0 Å². The van der Waals surface area contributed by atoms with Crippen LogP contribution in [0.25, 0.3) is 77.2 Å². The lowest BCUT2D eigenvalue weighted by molar-refractivity contribution is 1.28. The van der Waals surface area contributed by atoms with Gasteiger partial charge in [0.05, 0.1) is 0 Å². The number of nitrogens with zero attached hydrogens (tertiary/aromatic N) is 2. The number of para-hydroxylation sites is 2. The van der Waals surface area contributed by atoms with Gasteiger partial charge in [-0.25, -0.2) is 0 Å². The van der Waals surface area contributed by atoms with E-state index in [1.54, 1.807) is 0 Å². The molecule has 0 unspecified atom stereocenters. The second kappa shape index (κ2) is 19.8. The number of rotatable bonds is 11. The maximum Gasteiger partial charge on any atom is 0.0462 e. The molecule has 0 radical (unpaired) electrons. The molecule has 0 aromatic heterocycles. The summed E-state index contributed by atoms with van der Waals surface area (Å²) in [5, 5.41) is 5.04. The van der Waals surface area contributed by atoms with E-state index in [-0.39, 0.29) is 0 Å². The molecule has 12 rings (SSSR count). The first-order chi connectivity index (χ1) is 36.3. The molecule has 2 nitrogen and oxygen atoms in total. The molecule has 0 aliphatic heterocycles. The summed E-state index contributed by atoms with van der Waals surface area (Å²) in [7, 11) is 0. The molecule has 12 aromatic rings. The van der Waals surface area contributed by atoms with E-state index in [2.05, 4.69) is 304 Å². The summed E-state index contributed by atoms with van der Waals surface area (Å²) in [6, 6.07) is 97.4. The highest BCUT2D eigenvalue weighted by atomic mass is 15.1. The van der Waals surface area contributed by atoms with Crippen LogP contribution in [0, 0.1) is 27.7 Å². The van der Waals surface area contributed by atoms with Crippen molar-refractivity contribution in [3.8, 4) is 55.6 Å². The minimum Gasteiger partial charge on any atom is -0.311 e. The maximum atomic E-state index is 2.42. The van der Waals surface area contributed by atoms with Crippen LogP contribution in [0.3, 0.4) is 0 Å². The Morgan fingerprint density at radius 2 is 0.486 bits per heavy atom. The van der Waals surface area contributed by atoms with Gasteiger partial charge in [-0.2, -0.15) is 0 Å². The van der Waals surface area contributed by atoms with Gasteiger partial charge >= 0.3 is 0 Å². The van der Waals surface area contributed by atoms with Crippen LogP contribution >= 0.6 is 0 Å². The van der Waals surface area contributed by atoms with Gasteiger partial charge in [-0.05, 0) is 189 Å². The minimum atomic E-state index is 1.11. The van der Waals surface area contributed by atoms with Crippen LogP contribution in [0.4, 0.5) is 34.1 Å². The number of fused-ring (bicyclic) bond motifs is 2. The first-order valence-corrected chi connectivity index (χ1v) is 25.7. The summed E-state index contributed by atoms with van der Waals surface area (Å²) in [6.45, 7) is 9.00. The number of anilines is 6. The molecule has 354 valence electrons. The van der Waals surface area contributed by atoms with E-state index in [0.717, 1.165) is 34.1 Å². The zero-order valence-corrected chi connectivity index (χ0v) is 42.3. The molecule has 0 bridgehead atoms. The van der Waals surface area contributed by atoms with Crippen molar-refractivity contribution in [2.75, 3.05) is 9.80 Å². The Morgan fingerprint density at radius 3 is 0.811 bits per heavy atom. The van der Waals surface area contributed by atoms with E-state index in [9.17, 15) is 0 Å². The zero-order chi connectivity index (χ0) is 50.1. The van der Waals surface area contributed by atoms with E-state index in [1.807, 2.05) is 0 Å². The average molecular weight is 949 g/mol. The largest absolute Gasteiger partial charge is 0.311 e. The Balaban J connectivity index is 0.913. The smallest absolute Gasteiger partial charge is 0.0462 e. The van der Waals surface area contributed by atoms with Crippen LogP contribution in [0.15, 0.2) is 267 Å². The van der Waals surface area contributed by atoms with E-state index < -0.39 is 0 Å². The van der Waals surface area contributed by atoms with Crippen molar-refractivity contribution >= 4 is 55.7 Å². The fourth-order valence-corrected chi connectivity index (χ4v) is 11.0. The van der Waals surface area contributed by atoms with Gasteiger partial charge in [0.15, 0.2) is 0 Å². The predicted molar refractivity (Wildman–Crippen MR) is 317 cm³/mol. The average Bonchev–Trinajstić information content (AvgIpc) is 3.46. The van der Waals surface area contributed by atoms with Crippen LogP contribution in [0.2, 0.25) is 0 Å². The number of aryl methyl sites for hydroxylation is 4. The monoisotopic (exact) mass is 948 g/mol. The van der Waals surface area contributed by atoms with Gasteiger partial charge in [0.1, 0.15) is 0 Å². The molecule has 0 saturated carbocycles. The summed E-state index contributed by atoms with van der Waals surface area (Å²) in [5.74, 6) is 0. The van der Waals surface area contributed by atoms with Crippen molar-refractivity contribution in [3.63, 3.8) is 0 Å². The molecule has 0 heterocycles. The fourth-order valence-electron chi connectivity index (χ4n) is 11.0. The van der Waals surface area contributed by atoms with Crippen LogP contribution in [0.5, 0.6) is 0 Å². The first-order valence-electron chi connectivity index (χ1n) is 25.7. The van der Waals surface area contributed by atoms with Gasteiger partial charge in [0.25, 0.3) is 0 Å². The highest BCUT2D eigenvalue weighted by Crippen LogP contribution is 2.47. The zero-order valence-electron chi connectivity index (χ0n) is 42.3. The quantitative estimate of drug-likeness (QED) is 0.127. The standard InChI is InChI=1S/C72H56N2/c1-49-25-43-65-69(45-49)67(57-31-39-63(40-32-57)73(59-21-13-7-14-22-59)61-35-27-55(28-36-61)53-17-9-5-10-18-53)47-51(3)71(65)72-52(4)48-68(70-46-50(2)26-44-66(70)72)58-33-41-64(42-34-58)74(60-23-15-8-16-24-60)62-37-29-56(30-38-62)54-19-11-6-12-20-54/h5-48H,1-4H3. The molecule has 0 atom stereocenters. The van der Waals surface area contributed by atoms with Crippen LogP contribution in [0.1, 0.15) is 22.3 Å². The van der Waals surface area contributed by atoms with Crippen molar-refractivity contribution < 1.29 is 0 Å². The second-order valence-electron chi connectivity index (χ2n) is 19.6. The minimum absolute atomic E-state index is 1.11. The topological polar surface area (TPSA) is 6.48 Å². The van der Waals surface area contributed by atoms with Gasteiger partial charge in [-0.3, -0.25) is 0 Å². The summed E-state index contributed by atoms with van der Waals surface area (Å²) >= 11 is 0. The van der Waals surface area contributed by atoms with Crippen LogP contribution in [-0.2, 0) is 0 Å². The number of benzene rings is 12. The van der Waals surface area contributed by atoms with Crippen molar-refractivity contribution in [1.29, 1.82) is 0 Å². The molecule has 12 aromatic carbocycles. The maximum absolute atomic E-state index is 2.42. The van der Waals surface area contributed by atoms with E-state index in [0.29, 0.717) is 0 Å². The summed E-state index contributed by atoms with van der Waals surface area (Å²) in [4.78, 5) is 4.68. The normalized spacial score (nSPS) is 11.2.